The summed E-state index contributed by atoms with van der Waals surface area (Å²) >= 11 is 0. The van der Waals surface area contributed by atoms with Gasteiger partial charge in [0.1, 0.15) is 0 Å². The maximum Gasteiger partial charge on any atom is 0.0195 e. The minimum atomic E-state index is 0.696. The van der Waals surface area contributed by atoms with E-state index in [1.54, 1.807) is 0 Å². The molecule has 1 saturated carbocycles. The molecule has 3 unspecified atom stereocenters. The Morgan fingerprint density at radius 3 is 2.52 bits per heavy atom. The molecule has 3 atom stereocenters. The molecule has 1 aliphatic carbocycles. The first-order valence-corrected chi connectivity index (χ1v) is 9.69. The van der Waals surface area contributed by atoms with Crippen molar-refractivity contribution >= 4 is 0 Å². The van der Waals surface area contributed by atoms with Crippen molar-refractivity contribution in [3.05, 3.63) is 0 Å². The van der Waals surface area contributed by atoms with Crippen LogP contribution in [0.15, 0.2) is 0 Å². The fraction of sp³-hybridized carbons (Fsp3) is 1.00. The first kappa shape index (κ1) is 17.3. The van der Waals surface area contributed by atoms with Gasteiger partial charge in [-0.05, 0) is 58.4 Å². The fourth-order valence-electron chi connectivity index (χ4n) is 4.50. The highest BCUT2D eigenvalue weighted by Crippen LogP contribution is 2.30. The third-order valence-electron chi connectivity index (χ3n) is 5.73. The monoisotopic (exact) mass is 294 g/mol. The second-order valence-corrected chi connectivity index (χ2v) is 7.75. The van der Waals surface area contributed by atoms with Crippen LogP contribution in [0.2, 0.25) is 0 Å². The zero-order valence-corrected chi connectivity index (χ0v) is 14.7. The summed E-state index contributed by atoms with van der Waals surface area (Å²) in [5.41, 5.74) is 0. The summed E-state index contributed by atoms with van der Waals surface area (Å²) in [4.78, 5) is 2.83. The van der Waals surface area contributed by atoms with Crippen LogP contribution in [0.5, 0.6) is 0 Å². The smallest absolute Gasteiger partial charge is 0.0195 e. The summed E-state index contributed by atoms with van der Waals surface area (Å²) in [6.07, 6.45) is 14.3. The Kier molecular flexibility index (Phi) is 7.53. The average molecular weight is 295 g/mol. The molecule has 0 spiro atoms. The van der Waals surface area contributed by atoms with E-state index in [1.807, 2.05) is 0 Å². The van der Waals surface area contributed by atoms with Gasteiger partial charge in [-0.1, -0.05) is 39.0 Å². The molecule has 2 heteroatoms. The highest BCUT2D eigenvalue weighted by molar-refractivity contribution is 4.84. The molecule has 0 aromatic carbocycles. The van der Waals surface area contributed by atoms with Crippen LogP contribution in [0.1, 0.15) is 85.0 Å². The van der Waals surface area contributed by atoms with Crippen molar-refractivity contribution < 1.29 is 0 Å². The summed E-state index contributed by atoms with van der Waals surface area (Å²) in [7, 11) is 0. The van der Waals surface area contributed by atoms with Crippen LogP contribution in [0.3, 0.4) is 0 Å². The van der Waals surface area contributed by atoms with E-state index in [9.17, 15) is 0 Å². The maximum absolute atomic E-state index is 3.75. The van der Waals surface area contributed by atoms with Gasteiger partial charge in [0.15, 0.2) is 0 Å². The predicted octanol–water partition coefficient (Wildman–Crippen LogP) is 4.59. The minimum absolute atomic E-state index is 0.696. The molecule has 0 radical (unpaired) electrons. The van der Waals surface area contributed by atoms with E-state index >= 15 is 0 Å². The topological polar surface area (TPSA) is 15.3 Å². The van der Waals surface area contributed by atoms with Crippen molar-refractivity contribution in [2.75, 3.05) is 13.1 Å². The van der Waals surface area contributed by atoms with Crippen LogP contribution >= 0.6 is 0 Å². The third kappa shape index (κ3) is 5.56. The Bertz CT molecular complexity index is 271. The Balaban J connectivity index is 1.87. The number of piperidine rings is 1. The lowest BCUT2D eigenvalue weighted by Gasteiger charge is -2.38. The maximum atomic E-state index is 3.75. The quantitative estimate of drug-likeness (QED) is 0.721. The van der Waals surface area contributed by atoms with Crippen LogP contribution < -0.4 is 5.32 Å². The van der Waals surface area contributed by atoms with Crippen LogP contribution in [0.25, 0.3) is 0 Å². The Hall–Kier alpha value is -0.0800. The molecular formula is C19H38N2. The van der Waals surface area contributed by atoms with Crippen LogP contribution in [-0.2, 0) is 0 Å². The molecule has 2 rings (SSSR count). The normalized spacial score (nSPS) is 31.6. The van der Waals surface area contributed by atoms with Crippen molar-refractivity contribution in [1.82, 2.24) is 10.2 Å². The Labute approximate surface area is 133 Å². The number of nitrogens with one attached hydrogen (secondary N) is 1. The zero-order valence-electron chi connectivity index (χ0n) is 14.7. The van der Waals surface area contributed by atoms with Crippen LogP contribution in [0, 0.1) is 5.92 Å². The highest BCUT2D eigenvalue weighted by Gasteiger charge is 2.27. The summed E-state index contributed by atoms with van der Waals surface area (Å²) in [6.45, 7) is 9.66. The van der Waals surface area contributed by atoms with Gasteiger partial charge in [0.2, 0.25) is 0 Å². The summed E-state index contributed by atoms with van der Waals surface area (Å²) < 4.78 is 0. The van der Waals surface area contributed by atoms with E-state index in [-0.39, 0.29) is 0 Å². The van der Waals surface area contributed by atoms with E-state index in [4.69, 9.17) is 0 Å². The first-order valence-electron chi connectivity index (χ1n) is 9.69. The number of hydrogen-bond acceptors (Lipinski definition) is 2. The van der Waals surface area contributed by atoms with Gasteiger partial charge in [-0.15, -0.1) is 0 Å². The van der Waals surface area contributed by atoms with E-state index in [2.05, 4.69) is 31.0 Å². The SMILES string of the molecule is CCCC1CCCC(N(CC2CCCCN2)C(C)C)CC1. The number of hydrogen-bond donors (Lipinski definition) is 1. The summed E-state index contributed by atoms with van der Waals surface area (Å²) in [5.74, 6) is 1.02. The van der Waals surface area contributed by atoms with Crippen molar-refractivity contribution in [1.29, 1.82) is 0 Å². The van der Waals surface area contributed by atoms with Gasteiger partial charge in [0.05, 0.1) is 0 Å². The number of rotatable bonds is 6. The molecule has 2 fully saturated rings. The molecule has 124 valence electrons. The molecule has 1 heterocycles. The van der Waals surface area contributed by atoms with Gasteiger partial charge in [-0.25, -0.2) is 0 Å². The van der Waals surface area contributed by atoms with Gasteiger partial charge in [0, 0.05) is 24.7 Å². The highest BCUT2D eigenvalue weighted by atomic mass is 15.2. The van der Waals surface area contributed by atoms with Crippen molar-refractivity contribution in [3.63, 3.8) is 0 Å². The molecule has 21 heavy (non-hydrogen) atoms. The molecule has 0 amide bonds. The van der Waals surface area contributed by atoms with Crippen LogP contribution in [-0.4, -0.2) is 36.1 Å². The van der Waals surface area contributed by atoms with Gasteiger partial charge < -0.3 is 5.32 Å². The van der Waals surface area contributed by atoms with E-state index < -0.39 is 0 Å². The Morgan fingerprint density at radius 1 is 1.00 bits per heavy atom. The van der Waals surface area contributed by atoms with Gasteiger partial charge in [-0.3, -0.25) is 4.90 Å². The van der Waals surface area contributed by atoms with E-state index in [0.717, 1.165) is 18.0 Å². The van der Waals surface area contributed by atoms with Crippen molar-refractivity contribution in [3.8, 4) is 0 Å². The average Bonchev–Trinajstić information content (AvgIpc) is 2.72. The zero-order chi connectivity index (χ0) is 15.1. The standard InChI is InChI=1S/C19H38N2/c1-4-8-17-9-7-11-19(13-12-17)21(16(2)3)15-18-10-5-6-14-20-18/h16-20H,4-15H2,1-3H3. The van der Waals surface area contributed by atoms with E-state index in [1.165, 1.54) is 77.3 Å². The van der Waals surface area contributed by atoms with Gasteiger partial charge in [-0.2, -0.15) is 0 Å². The molecule has 1 N–H and O–H groups in total. The molecule has 0 bridgehead atoms. The van der Waals surface area contributed by atoms with Gasteiger partial charge in [0.25, 0.3) is 0 Å². The molecule has 2 nitrogen and oxygen atoms in total. The fourth-order valence-corrected chi connectivity index (χ4v) is 4.50. The molecule has 2 aliphatic rings. The molecule has 0 aromatic rings. The van der Waals surface area contributed by atoms with Crippen molar-refractivity contribution in [2.24, 2.45) is 5.92 Å². The minimum Gasteiger partial charge on any atom is -0.313 e. The second kappa shape index (κ2) is 9.15. The predicted molar refractivity (Wildman–Crippen MR) is 92.8 cm³/mol. The molecule has 1 aliphatic heterocycles. The molecular weight excluding hydrogens is 256 g/mol. The third-order valence-corrected chi connectivity index (χ3v) is 5.73. The summed E-state index contributed by atoms with van der Waals surface area (Å²) in [6, 6.07) is 2.29. The molecule has 1 saturated heterocycles. The largest absolute Gasteiger partial charge is 0.313 e. The number of nitrogens with zero attached hydrogens (tertiary/aromatic N) is 1. The lowest BCUT2D eigenvalue weighted by Crippen LogP contribution is -2.49. The lowest BCUT2D eigenvalue weighted by molar-refractivity contribution is 0.116. The first-order chi connectivity index (χ1) is 10.2. The van der Waals surface area contributed by atoms with Gasteiger partial charge >= 0.3 is 0 Å². The Morgan fingerprint density at radius 2 is 1.86 bits per heavy atom. The van der Waals surface area contributed by atoms with Crippen LogP contribution in [0.4, 0.5) is 0 Å². The second-order valence-electron chi connectivity index (χ2n) is 7.75. The summed E-state index contributed by atoms with van der Waals surface area (Å²) in [5, 5.41) is 3.75. The van der Waals surface area contributed by atoms with E-state index in [0.29, 0.717) is 6.04 Å². The van der Waals surface area contributed by atoms with Crippen molar-refractivity contribution in [2.45, 2.75) is 103 Å². The molecule has 0 aromatic heterocycles. The lowest BCUT2D eigenvalue weighted by atomic mass is 9.95.